The maximum absolute atomic E-state index is 12.9. The van der Waals surface area contributed by atoms with Gasteiger partial charge in [-0.15, -0.1) is 0 Å². The van der Waals surface area contributed by atoms with Crippen LogP contribution in [0.3, 0.4) is 0 Å². The van der Waals surface area contributed by atoms with Crippen molar-refractivity contribution >= 4 is 11.8 Å². The number of carbonyl (C=O) groups excluding carboxylic acids is 2. The minimum Gasteiger partial charge on any atom is -0.342 e. The lowest BCUT2D eigenvalue weighted by Gasteiger charge is -2.35. The Balaban J connectivity index is 1.53. The first kappa shape index (κ1) is 17.9. The molecule has 7 nitrogen and oxygen atoms in total. The predicted octanol–water partition coefficient (Wildman–Crippen LogP) is 0.708. The number of amides is 2. The van der Waals surface area contributed by atoms with Gasteiger partial charge in [0.05, 0.1) is 12.2 Å². The Labute approximate surface area is 149 Å². The first-order valence-electron chi connectivity index (χ1n) is 9.28. The number of likely N-dealkylation sites (tertiary alicyclic amines) is 2. The van der Waals surface area contributed by atoms with Gasteiger partial charge in [0, 0.05) is 58.1 Å². The van der Waals surface area contributed by atoms with Crippen molar-refractivity contribution in [3.63, 3.8) is 0 Å². The van der Waals surface area contributed by atoms with Gasteiger partial charge in [0.15, 0.2) is 0 Å². The van der Waals surface area contributed by atoms with Crippen molar-refractivity contribution in [3.8, 4) is 0 Å². The van der Waals surface area contributed by atoms with Crippen molar-refractivity contribution < 1.29 is 9.59 Å². The average molecular weight is 347 g/mol. The van der Waals surface area contributed by atoms with Crippen molar-refractivity contribution in [1.29, 1.82) is 0 Å². The Kier molecular flexibility index (Phi) is 5.73. The van der Waals surface area contributed by atoms with Gasteiger partial charge in [-0.2, -0.15) is 0 Å². The second-order valence-corrected chi connectivity index (χ2v) is 7.49. The number of piperidine rings is 1. The fourth-order valence-corrected chi connectivity index (χ4v) is 3.97. The molecular weight excluding hydrogens is 318 g/mol. The van der Waals surface area contributed by atoms with Crippen molar-refractivity contribution in [3.05, 3.63) is 18.7 Å². The van der Waals surface area contributed by atoms with Crippen molar-refractivity contribution in [2.45, 2.75) is 45.2 Å². The molecule has 0 spiro atoms. The van der Waals surface area contributed by atoms with Crippen LogP contribution in [-0.4, -0.2) is 63.4 Å². The third-order valence-corrected chi connectivity index (χ3v) is 5.53. The lowest BCUT2D eigenvalue weighted by Crippen LogP contribution is -2.46. The highest BCUT2D eigenvalue weighted by Gasteiger charge is 2.32. The number of nitrogens with two attached hydrogens (primary N) is 1. The first-order valence-corrected chi connectivity index (χ1v) is 9.28. The summed E-state index contributed by atoms with van der Waals surface area (Å²) in [5.41, 5.74) is 6.06. The zero-order chi connectivity index (χ0) is 17.8. The Hall–Kier alpha value is -1.89. The van der Waals surface area contributed by atoms with E-state index < -0.39 is 0 Å². The molecule has 0 aliphatic carbocycles. The Morgan fingerprint density at radius 2 is 1.88 bits per heavy atom. The number of rotatable bonds is 3. The van der Waals surface area contributed by atoms with Crippen LogP contribution in [0.2, 0.25) is 0 Å². The van der Waals surface area contributed by atoms with Crippen LogP contribution in [0.4, 0.5) is 0 Å². The fraction of sp³-hybridized carbons (Fsp3) is 0.722. The van der Waals surface area contributed by atoms with Gasteiger partial charge >= 0.3 is 0 Å². The normalized spacial score (nSPS) is 25.7. The van der Waals surface area contributed by atoms with E-state index in [9.17, 15) is 9.59 Å². The molecule has 7 heteroatoms. The lowest BCUT2D eigenvalue weighted by atomic mass is 9.94. The number of imidazole rings is 1. The zero-order valence-electron chi connectivity index (χ0n) is 15.0. The van der Waals surface area contributed by atoms with E-state index in [-0.39, 0.29) is 23.8 Å². The standard InChI is InChI=1S/C18H29N5O2/c1-14(24)23-11-16(2-3-17(19)12-23)18(25)22-7-4-15(5-8-22)10-21-9-6-20-13-21/h6,9,13,15-17H,2-5,7-8,10-12,19H2,1H3/t16-,17+/m1/s1. The monoisotopic (exact) mass is 347 g/mol. The number of nitrogens with zero attached hydrogens (tertiary/aromatic N) is 4. The molecule has 2 aliphatic rings. The van der Waals surface area contributed by atoms with E-state index in [0.717, 1.165) is 45.3 Å². The summed E-state index contributed by atoms with van der Waals surface area (Å²) in [6.45, 7) is 5.21. The second kappa shape index (κ2) is 7.99. The molecule has 1 aromatic rings. The summed E-state index contributed by atoms with van der Waals surface area (Å²) < 4.78 is 2.11. The molecule has 2 fully saturated rings. The quantitative estimate of drug-likeness (QED) is 0.873. The maximum atomic E-state index is 12.9. The Bertz CT molecular complexity index is 580. The summed E-state index contributed by atoms with van der Waals surface area (Å²) in [7, 11) is 0. The molecule has 0 aromatic carbocycles. The van der Waals surface area contributed by atoms with Gasteiger partial charge in [0.1, 0.15) is 0 Å². The van der Waals surface area contributed by atoms with Gasteiger partial charge in [-0.25, -0.2) is 4.98 Å². The SMILES string of the molecule is CC(=O)N1C[C@@H](N)CC[C@@H](C(=O)N2CCC(Cn3ccnc3)CC2)C1. The van der Waals surface area contributed by atoms with Gasteiger partial charge in [-0.3, -0.25) is 9.59 Å². The van der Waals surface area contributed by atoms with Crippen molar-refractivity contribution in [2.24, 2.45) is 17.6 Å². The summed E-state index contributed by atoms with van der Waals surface area (Å²) in [5.74, 6) is 0.688. The van der Waals surface area contributed by atoms with E-state index in [1.54, 1.807) is 18.0 Å². The Morgan fingerprint density at radius 3 is 2.52 bits per heavy atom. The number of aromatic nitrogens is 2. The molecule has 0 unspecified atom stereocenters. The van der Waals surface area contributed by atoms with Crippen LogP contribution >= 0.6 is 0 Å². The lowest BCUT2D eigenvalue weighted by molar-refractivity contribution is -0.139. The van der Waals surface area contributed by atoms with E-state index in [4.69, 9.17) is 5.73 Å². The van der Waals surface area contributed by atoms with Gasteiger partial charge in [0.2, 0.25) is 11.8 Å². The number of hydrogen-bond acceptors (Lipinski definition) is 4. The van der Waals surface area contributed by atoms with E-state index in [2.05, 4.69) is 9.55 Å². The summed E-state index contributed by atoms with van der Waals surface area (Å²) in [5, 5.41) is 0. The van der Waals surface area contributed by atoms with E-state index >= 15 is 0 Å². The van der Waals surface area contributed by atoms with Crippen molar-refractivity contribution in [2.75, 3.05) is 26.2 Å². The highest BCUT2D eigenvalue weighted by atomic mass is 16.2. The molecule has 2 saturated heterocycles. The van der Waals surface area contributed by atoms with E-state index in [0.29, 0.717) is 19.0 Å². The molecule has 2 N–H and O–H groups in total. The van der Waals surface area contributed by atoms with Crippen molar-refractivity contribution in [1.82, 2.24) is 19.4 Å². The average Bonchev–Trinajstić information content (AvgIpc) is 3.02. The molecule has 2 aliphatic heterocycles. The molecule has 2 atom stereocenters. The minimum atomic E-state index is -0.109. The van der Waals surface area contributed by atoms with Crippen LogP contribution in [0.5, 0.6) is 0 Å². The second-order valence-electron chi connectivity index (χ2n) is 7.49. The highest BCUT2D eigenvalue weighted by molar-refractivity contribution is 5.80. The maximum Gasteiger partial charge on any atom is 0.227 e. The van der Waals surface area contributed by atoms with Gasteiger partial charge in [-0.1, -0.05) is 0 Å². The predicted molar refractivity (Wildman–Crippen MR) is 94.5 cm³/mol. The minimum absolute atomic E-state index is 0.00851. The van der Waals surface area contributed by atoms with Crippen LogP contribution in [-0.2, 0) is 16.1 Å². The van der Waals surface area contributed by atoms with Crippen LogP contribution in [0.25, 0.3) is 0 Å². The van der Waals surface area contributed by atoms with Gasteiger partial charge < -0.3 is 20.1 Å². The fourth-order valence-electron chi connectivity index (χ4n) is 3.97. The third-order valence-electron chi connectivity index (χ3n) is 5.53. The molecule has 1 aromatic heterocycles. The van der Waals surface area contributed by atoms with Crippen LogP contribution in [0.15, 0.2) is 18.7 Å². The number of hydrogen-bond donors (Lipinski definition) is 1. The van der Waals surface area contributed by atoms with Crippen LogP contribution < -0.4 is 5.73 Å². The van der Waals surface area contributed by atoms with E-state index in [1.807, 2.05) is 17.4 Å². The van der Waals surface area contributed by atoms with E-state index in [1.165, 1.54) is 0 Å². The van der Waals surface area contributed by atoms with Crippen LogP contribution in [0, 0.1) is 11.8 Å². The summed E-state index contributed by atoms with van der Waals surface area (Å²) in [6.07, 6.45) is 9.26. The molecule has 2 amide bonds. The van der Waals surface area contributed by atoms with Gasteiger partial charge in [0.25, 0.3) is 0 Å². The van der Waals surface area contributed by atoms with Crippen LogP contribution in [0.1, 0.15) is 32.6 Å². The first-order chi connectivity index (χ1) is 12.0. The molecule has 138 valence electrons. The molecule has 3 rings (SSSR count). The summed E-state index contributed by atoms with van der Waals surface area (Å²) >= 11 is 0. The highest BCUT2D eigenvalue weighted by Crippen LogP contribution is 2.24. The zero-order valence-corrected chi connectivity index (χ0v) is 15.0. The third kappa shape index (κ3) is 4.60. The topological polar surface area (TPSA) is 84.5 Å². The molecule has 3 heterocycles. The molecule has 0 saturated carbocycles. The Morgan fingerprint density at radius 1 is 1.12 bits per heavy atom. The number of carbonyl (C=O) groups is 2. The molecule has 0 radical (unpaired) electrons. The molecule has 25 heavy (non-hydrogen) atoms. The summed E-state index contributed by atoms with van der Waals surface area (Å²) in [4.78, 5) is 32.5. The smallest absolute Gasteiger partial charge is 0.227 e. The largest absolute Gasteiger partial charge is 0.342 e. The molecular formula is C18H29N5O2. The molecule has 0 bridgehead atoms. The summed E-state index contributed by atoms with van der Waals surface area (Å²) in [6, 6.07) is -0.0254. The van der Waals surface area contributed by atoms with Gasteiger partial charge in [-0.05, 0) is 31.6 Å².